The van der Waals surface area contributed by atoms with E-state index in [2.05, 4.69) is 11.9 Å². The summed E-state index contributed by atoms with van der Waals surface area (Å²) in [5.74, 6) is -1.77. The Hall–Kier alpha value is -2.89. The molecule has 1 amide bonds. The number of aromatic nitrogens is 1. The van der Waals surface area contributed by atoms with Crippen molar-refractivity contribution in [2.75, 3.05) is 12.3 Å². The van der Waals surface area contributed by atoms with Gasteiger partial charge in [-0.2, -0.15) is 0 Å². The summed E-state index contributed by atoms with van der Waals surface area (Å²) in [7, 11) is 0. The number of carboxylic acids is 1. The van der Waals surface area contributed by atoms with E-state index in [0.29, 0.717) is 24.6 Å². The van der Waals surface area contributed by atoms with Gasteiger partial charge in [-0.3, -0.25) is 9.78 Å². The number of anilines is 1. The monoisotopic (exact) mass is 367 g/mol. The zero-order valence-corrected chi connectivity index (χ0v) is 15.6. The van der Waals surface area contributed by atoms with Crippen molar-refractivity contribution < 1.29 is 14.7 Å². The van der Waals surface area contributed by atoms with Crippen LogP contribution in [0.1, 0.15) is 36.2 Å². The minimum atomic E-state index is -1.40. The highest BCUT2D eigenvalue weighted by atomic mass is 16.4. The van der Waals surface area contributed by atoms with Crippen LogP contribution in [-0.2, 0) is 16.0 Å². The molecule has 0 spiro atoms. The fraction of sp³-hybridized carbons (Fsp3) is 0.381. The van der Waals surface area contributed by atoms with E-state index in [4.69, 9.17) is 5.73 Å². The van der Waals surface area contributed by atoms with E-state index in [1.807, 2.05) is 43.3 Å². The second-order valence-electron chi connectivity index (χ2n) is 7.40. The Bertz CT molecular complexity index is 838. The third-order valence-corrected chi connectivity index (χ3v) is 5.48. The van der Waals surface area contributed by atoms with Crippen LogP contribution in [0.25, 0.3) is 0 Å². The summed E-state index contributed by atoms with van der Waals surface area (Å²) in [5, 5.41) is 9.24. The van der Waals surface area contributed by atoms with E-state index < -0.39 is 11.9 Å². The van der Waals surface area contributed by atoms with Crippen molar-refractivity contribution in [2.45, 2.75) is 32.7 Å². The van der Waals surface area contributed by atoms with E-state index >= 15 is 0 Å². The number of benzene rings is 1. The number of piperidine rings is 1. The number of carbonyl (C=O) groups is 2. The van der Waals surface area contributed by atoms with Gasteiger partial charge < -0.3 is 15.7 Å². The molecule has 0 aliphatic carbocycles. The lowest BCUT2D eigenvalue weighted by atomic mass is 9.77. The maximum atomic E-state index is 12.3. The van der Waals surface area contributed by atoms with Crippen LogP contribution in [0.4, 0.5) is 5.69 Å². The van der Waals surface area contributed by atoms with Crippen molar-refractivity contribution in [1.29, 1.82) is 0 Å². The minimum absolute atomic E-state index is 0.173. The van der Waals surface area contributed by atoms with Crippen LogP contribution in [0.2, 0.25) is 0 Å². The molecule has 0 radical (unpaired) electrons. The third kappa shape index (κ3) is 4.10. The summed E-state index contributed by atoms with van der Waals surface area (Å²) in [4.78, 5) is 29.6. The fourth-order valence-corrected chi connectivity index (χ4v) is 3.94. The quantitative estimate of drug-likeness (QED) is 0.813. The van der Waals surface area contributed by atoms with Gasteiger partial charge >= 0.3 is 11.9 Å². The smallest absolute Gasteiger partial charge is 0.394 e. The van der Waals surface area contributed by atoms with Crippen LogP contribution >= 0.6 is 0 Å². The number of carboxylic acid groups (broad SMARTS) is 1. The highest BCUT2D eigenvalue weighted by molar-refractivity contribution is 6.31. The second kappa shape index (κ2) is 7.78. The van der Waals surface area contributed by atoms with Crippen LogP contribution in [0.5, 0.6) is 0 Å². The molecular formula is C21H25N3O3. The second-order valence-corrected chi connectivity index (χ2v) is 7.40. The molecule has 0 bridgehead atoms. The molecule has 142 valence electrons. The van der Waals surface area contributed by atoms with Gasteiger partial charge in [-0.15, -0.1) is 0 Å². The molecule has 3 N–H and O–H groups in total. The maximum Gasteiger partial charge on any atom is 0.394 e. The first-order chi connectivity index (χ1) is 12.9. The Kier molecular flexibility index (Phi) is 5.44. The van der Waals surface area contributed by atoms with Crippen molar-refractivity contribution in [3.05, 3.63) is 59.4 Å². The van der Waals surface area contributed by atoms with Crippen molar-refractivity contribution in [3.63, 3.8) is 0 Å². The lowest BCUT2D eigenvalue weighted by Gasteiger charge is -2.42. The number of rotatable bonds is 3. The number of nitrogens with zero attached hydrogens (tertiary/aromatic N) is 2. The Balaban J connectivity index is 1.88. The van der Waals surface area contributed by atoms with Gasteiger partial charge in [0.15, 0.2) is 0 Å². The molecule has 2 aromatic rings. The number of pyridine rings is 1. The number of aryl methyl sites for hydroxylation is 1. The van der Waals surface area contributed by atoms with E-state index in [0.717, 1.165) is 23.2 Å². The van der Waals surface area contributed by atoms with Crippen LogP contribution in [0, 0.1) is 18.8 Å². The molecule has 0 saturated carbocycles. The Morgan fingerprint density at radius 2 is 2.00 bits per heavy atom. The average Bonchev–Trinajstić information content (AvgIpc) is 2.65. The van der Waals surface area contributed by atoms with Gasteiger partial charge in [0.05, 0.1) is 17.9 Å². The van der Waals surface area contributed by atoms with Gasteiger partial charge in [0.1, 0.15) is 0 Å². The van der Waals surface area contributed by atoms with Gasteiger partial charge in [0, 0.05) is 12.2 Å². The SMILES string of the molecule is Cc1cc(N)cnc1CC1CC(c2ccccc2)N(C(=O)C(=O)O)CC1C. The molecule has 3 atom stereocenters. The average molecular weight is 367 g/mol. The number of hydrogen-bond donors (Lipinski definition) is 2. The van der Waals surface area contributed by atoms with E-state index in [1.54, 1.807) is 6.20 Å². The fourth-order valence-electron chi connectivity index (χ4n) is 3.94. The number of carbonyl (C=O) groups excluding carboxylic acids is 1. The first-order valence-electron chi connectivity index (χ1n) is 9.16. The molecule has 6 nitrogen and oxygen atoms in total. The lowest BCUT2D eigenvalue weighted by Crippen LogP contribution is -2.48. The normalized spacial score (nSPS) is 22.4. The predicted octanol–water partition coefficient (Wildman–Crippen LogP) is 2.83. The van der Waals surface area contributed by atoms with Crippen molar-refractivity contribution in [2.24, 2.45) is 11.8 Å². The summed E-state index contributed by atoms with van der Waals surface area (Å²) < 4.78 is 0. The standard InChI is InChI=1S/C21H25N3O3/c1-13-8-17(22)11-23-18(13)9-16-10-19(15-6-4-3-5-7-15)24(12-14(16)2)20(25)21(26)27/h3-8,11,14,16,19H,9-10,12,22H2,1-2H3,(H,26,27). The Labute approximate surface area is 159 Å². The van der Waals surface area contributed by atoms with Gasteiger partial charge in [-0.25, -0.2) is 4.79 Å². The molecule has 3 rings (SSSR count). The molecule has 2 heterocycles. The number of nitrogens with two attached hydrogens (primary N) is 1. The summed E-state index contributed by atoms with van der Waals surface area (Å²) in [6, 6.07) is 11.3. The molecule has 1 fully saturated rings. The molecule has 1 aliphatic rings. The summed E-state index contributed by atoms with van der Waals surface area (Å²) in [6.07, 6.45) is 3.16. The number of likely N-dealkylation sites (tertiary alicyclic amines) is 1. The molecule has 1 aliphatic heterocycles. The van der Waals surface area contributed by atoms with Gasteiger partial charge in [0.25, 0.3) is 0 Å². The van der Waals surface area contributed by atoms with Gasteiger partial charge in [0.2, 0.25) is 0 Å². The molecule has 3 unspecified atom stereocenters. The van der Waals surface area contributed by atoms with Crippen molar-refractivity contribution in [3.8, 4) is 0 Å². The number of hydrogen-bond acceptors (Lipinski definition) is 4. The first-order valence-corrected chi connectivity index (χ1v) is 9.16. The van der Waals surface area contributed by atoms with Gasteiger partial charge in [-0.1, -0.05) is 37.3 Å². The zero-order chi connectivity index (χ0) is 19.6. The molecule has 27 heavy (non-hydrogen) atoms. The summed E-state index contributed by atoms with van der Waals surface area (Å²) in [5.41, 5.74) is 9.48. The lowest BCUT2D eigenvalue weighted by molar-refractivity contribution is -0.159. The van der Waals surface area contributed by atoms with Crippen molar-refractivity contribution >= 4 is 17.6 Å². The van der Waals surface area contributed by atoms with E-state index in [-0.39, 0.29) is 12.0 Å². The molecule has 1 aromatic carbocycles. The Morgan fingerprint density at radius 3 is 2.63 bits per heavy atom. The first kappa shape index (κ1) is 18.9. The highest BCUT2D eigenvalue weighted by Crippen LogP contribution is 2.38. The van der Waals surface area contributed by atoms with E-state index in [9.17, 15) is 14.7 Å². The van der Waals surface area contributed by atoms with Crippen molar-refractivity contribution in [1.82, 2.24) is 9.88 Å². The van der Waals surface area contributed by atoms with Gasteiger partial charge in [-0.05, 0) is 48.8 Å². The summed E-state index contributed by atoms with van der Waals surface area (Å²) in [6.45, 7) is 4.49. The number of aliphatic carboxylic acids is 1. The van der Waals surface area contributed by atoms with E-state index in [1.165, 1.54) is 4.90 Å². The number of nitrogen functional groups attached to an aromatic ring is 1. The van der Waals surface area contributed by atoms with Crippen LogP contribution in [0.3, 0.4) is 0 Å². The topological polar surface area (TPSA) is 96.5 Å². The highest BCUT2D eigenvalue weighted by Gasteiger charge is 2.38. The maximum absolute atomic E-state index is 12.3. The molecule has 6 heteroatoms. The van der Waals surface area contributed by atoms with Crippen LogP contribution in [-0.4, -0.2) is 33.4 Å². The molecule has 1 aromatic heterocycles. The Morgan fingerprint density at radius 1 is 1.30 bits per heavy atom. The minimum Gasteiger partial charge on any atom is -0.474 e. The van der Waals surface area contributed by atoms with Crippen LogP contribution < -0.4 is 5.73 Å². The molecule has 1 saturated heterocycles. The summed E-state index contributed by atoms with van der Waals surface area (Å²) >= 11 is 0. The predicted molar refractivity (Wildman–Crippen MR) is 103 cm³/mol. The third-order valence-electron chi connectivity index (χ3n) is 5.48. The molecular weight excluding hydrogens is 342 g/mol. The van der Waals surface area contributed by atoms with Crippen LogP contribution in [0.15, 0.2) is 42.6 Å². The zero-order valence-electron chi connectivity index (χ0n) is 15.6. The largest absolute Gasteiger partial charge is 0.474 e. The number of amides is 1.